The van der Waals surface area contributed by atoms with E-state index in [4.69, 9.17) is 27.9 Å². The molecule has 0 saturated carbocycles. The molecule has 1 aromatic heterocycles. The number of piperazine rings is 1. The normalized spacial score (nSPS) is 19.0. The first-order valence-corrected chi connectivity index (χ1v) is 17.5. The second-order valence-corrected chi connectivity index (χ2v) is 12.4. The van der Waals surface area contributed by atoms with Gasteiger partial charge >= 0.3 is 0 Å². The number of aromatic nitrogens is 2. The maximum Gasteiger partial charge on any atom is 0.261 e. The van der Waals surface area contributed by atoms with Gasteiger partial charge in [-0.05, 0) is 76.1 Å². The Balaban J connectivity index is 0.000000442. The topological polar surface area (TPSA) is 74.7 Å². The number of rotatable bonds is 9. The van der Waals surface area contributed by atoms with Crippen LogP contribution in [0.2, 0.25) is 10.0 Å². The summed E-state index contributed by atoms with van der Waals surface area (Å²) < 4.78 is 6.87. The van der Waals surface area contributed by atoms with Crippen LogP contribution in [0, 0.1) is 0 Å². The zero-order valence-corrected chi connectivity index (χ0v) is 30.3. The Labute approximate surface area is 287 Å². The first kappa shape index (κ1) is 39.7. The lowest BCUT2D eigenvalue weighted by Gasteiger charge is -2.40. The first-order valence-electron chi connectivity index (χ1n) is 16.7. The van der Waals surface area contributed by atoms with E-state index in [1.807, 2.05) is 38.1 Å². The number of morpholine rings is 1. The van der Waals surface area contributed by atoms with Crippen molar-refractivity contribution in [1.29, 1.82) is 0 Å². The SMILES string of the molecule is C=C.CC.CC1CN(C(C)Nc2ccc3c(=O)n(CCc4ccc(Cl)cc4Cl)cnc3c2)CC(C)N1.CCCCN1CCOCC1. The van der Waals surface area contributed by atoms with Crippen LogP contribution in [0.25, 0.3) is 10.9 Å². The van der Waals surface area contributed by atoms with Crippen molar-refractivity contribution in [2.45, 2.75) is 85.6 Å². The second kappa shape index (κ2) is 21.4. The molecule has 3 heterocycles. The molecule has 3 atom stereocenters. The predicted molar refractivity (Wildman–Crippen MR) is 198 cm³/mol. The largest absolute Gasteiger partial charge is 0.379 e. The molecular weight excluding hydrogens is 619 g/mol. The standard InChI is InChI=1S/C24H29Cl2N5O.C8H17NO.C2H6.C2H4/c1-15-12-31(13-16(2)28-15)17(3)29-20-6-7-21-23(11-20)27-14-30(24(21)32)9-8-18-4-5-19(25)10-22(18)26;1-2-3-4-9-5-7-10-8-6-9;2*1-2/h4-7,10-11,14-17,28-29H,8-9,12-13H2,1-3H3;2-8H2,1H3;1-2H3;1-2H2. The number of hydrogen-bond donors (Lipinski definition) is 2. The number of nitrogens with one attached hydrogen (secondary N) is 2. The van der Waals surface area contributed by atoms with E-state index in [2.05, 4.69) is 66.3 Å². The molecule has 5 rings (SSSR count). The highest BCUT2D eigenvalue weighted by Crippen LogP contribution is 2.22. The van der Waals surface area contributed by atoms with Crippen LogP contribution in [0.4, 0.5) is 5.69 Å². The lowest BCUT2D eigenvalue weighted by atomic mass is 10.1. The molecule has 2 aliphatic heterocycles. The molecule has 3 aromatic rings. The molecule has 8 nitrogen and oxygen atoms in total. The van der Waals surface area contributed by atoms with E-state index in [0.29, 0.717) is 46.0 Å². The van der Waals surface area contributed by atoms with Gasteiger partial charge in [-0.25, -0.2) is 4.98 Å². The summed E-state index contributed by atoms with van der Waals surface area (Å²) in [4.78, 5) is 22.4. The van der Waals surface area contributed by atoms with Crippen molar-refractivity contribution < 1.29 is 4.74 Å². The summed E-state index contributed by atoms with van der Waals surface area (Å²) in [6.07, 6.45) is 5.06. The predicted octanol–water partition coefficient (Wildman–Crippen LogP) is 7.33. The van der Waals surface area contributed by atoms with E-state index in [9.17, 15) is 4.79 Å². The van der Waals surface area contributed by atoms with Gasteiger partial charge < -0.3 is 15.4 Å². The van der Waals surface area contributed by atoms with Crippen molar-refractivity contribution in [3.05, 3.63) is 81.8 Å². The highest BCUT2D eigenvalue weighted by atomic mass is 35.5. The lowest BCUT2D eigenvalue weighted by Crippen LogP contribution is -2.57. The fourth-order valence-electron chi connectivity index (χ4n) is 5.60. The molecule has 2 fully saturated rings. The minimum Gasteiger partial charge on any atom is -0.379 e. The minimum absolute atomic E-state index is 0.0514. The molecule has 46 heavy (non-hydrogen) atoms. The van der Waals surface area contributed by atoms with Crippen LogP contribution in [0.1, 0.15) is 59.9 Å². The van der Waals surface area contributed by atoms with Crippen LogP contribution in [0.15, 0.2) is 60.7 Å². The Morgan fingerprint density at radius 3 is 2.35 bits per heavy atom. The minimum atomic E-state index is -0.0514. The van der Waals surface area contributed by atoms with Crippen LogP contribution < -0.4 is 16.2 Å². The Kier molecular flexibility index (Phi) is 18.5. The Morgan fingerprint density at radius 1 is 1.04 bits per heavy atom. The highest BCUT2D eigenvalue weighted by molar-refractivity contribution is 6.35. The van der Waals surface area contributed by atoms with Gasteiger partial charge in [0.2, 0.25) is 0 Å². The summed E-state index contributed by atoms with van der Waals surface area (Å²) in [5.74, 6) is 0. The number of anilines is 1. The average molecular weight is 676 g/mol. The molecule has 2 aliphatic rings. The Hall–Kier alpha value is -2.46. The van der Waals surface area contributed by atoms with E-state index >= 15 is 0 Å². The average Bonchev–Trinajstić information content (AvgIpc) is 3.06. The maximum absolute atomic E-state index is 13.0. The third kappa shape index (κ3) is 12.6. The van der Waals surface area contributed by atoms with Gasteiger partial charge in [-0.3, -0.25) is 19.2 Å². The number of benzene rings is 2. The van der Waals surface area contributed by atoms with Gasteiger partial charge in [0.1, 0.15) is 0 Å². The third-order valence-corrected chi connectivity index (χ3v) is 8.49. The summed E-state index contributed by atoms with van der Waals surface area (Å²) in [6, 6.07) is 12.1. The molecule has 2 saturated heterocycles. The Bertz CT molecular complexity index is 1350. The molecule has 2 aromatic carbocycles. The van der Waals surface area contributed by atoms with Crippen molar-refractivity contribution in [3.63, 3.8) is 0 Å². The summed E-state index contributed by atoms with van der Waals surface area (Å²) in [5.41, 5.74) is 2.55. The van der Waals surface area contributed by atoms with Crippen LogP contribution in [0.5, 0.6) is 0 Å². The van der Waals surface area contributed by atoms with E-state index in [-0.39, 0.29) is 11.7 Å². The van der Waals surface area contributed by atoms with Gasteiger partial charge in [0.15, 0.2) is 0 Å². The van der Waals surface area contributed by atoms with E-state index in [0.717, 1.165) is 50.6 Å². The monoisotopic (exact) mass is 674 g/mol. The van der Waals surface area contributed by atoms with E-state index in [1.165, 1.54) is 19.4 Å². The van der Waals surface area contributed by atoms with Crippen LogP contribution in [-0.2, 0) is 17.7 Å². The zero-order valence-electron chi connectivity index (χ0n) is 28.8. The van der Waals surface area contributed by atoms with Gasteiger partial charge in [0.05, 0.1) is 36.6 Å². The molecule has 0 spiro atoms. The van der Waals surface area contributed by atoms with Crippen LogP contribution >= 0.6 is 23.2 Å². The molecular formula is C36H56Cl2N6O2. The smallest absolute Gasteiger partial charge is 0.261 e. The van der Waals surface area contributed by atoms with Gasteiger partial charge in [-0.15, -0.1) is 13.2 Å². The highest BCUT2D eigenvalue weighted by Gasteiger charge is 2.24. The number of ether oxygens (including phenoxy) is 1. The fourth-order valence-corrected chi connectivity index (χ4v) is 6.10. The summed E-state index contributed by atoms with van der Waals surface area (Å²) >= 11 is 12.2. The molecule has 256 valence electrons. The number of nitrogens with zero attached hydrogens (tertiary/aromatic N) is 4. The molecule has 3 unspecified atom stereocenters. The second-order valence-electron chi connectivity index (χ2n) is 11.5. The van der Waals surface area contributed by atoms with Gasteiger partial charge in [-0.1, -0.05) is 56.5 Å². The molecule has 0 aliphatic carbocycles. The number of aryl methyl sites for hydroxylation is 2. The van der Waals surface area contributed by atoms with Crippen molar-refractivity contribution in [2.75, 3.05) is 51.3 Å². The summed E-state index contributed by atoms with van der Waals surface area (Å²) in [5, 5.41) is 8.94. The van der Waals surface area contributed by atoms with Crippen molar-refractivity contribution >= 4 is 39.8 Å². The molecule has 0 radical (unpaired) electrons. The van der Waals surface area contributed by atoms with Crippen LogP contribution in [-0.4, -0.2) is 83.5 Å². The molecule has 2 N–H and O–H groups in total. The lowest BCUT2D eigenvalue weighted by molar-refractivity contribution is 0.0373. The summed E-state index contributed by atoms with van der Waals surface area (Å²) in [6.45, 7) is 26.7. The third-order valence-electron chi connectivity index (χ3n) is 7.90. The summed E-state index contributed by atoms with van der Waals surface area (Å²) in [7, 11) is 0. The Morgan fingerprint density at radius 2 is 1.72 bits per heavy atom. The molecule has 0 amide bonds. The van der Waals surface area contributed by atoms with Gasteiger partial charge in [-0.2, -0.15) is 0 Å². The van der Waals surface area contributed by atoms with Gasteiger partial charge in [0, 0.05) is 60.5 Å². The maximum atomic E-state index is 13.0. The van der Waals surface area contributed by atoms with Crippen molar-refractivity contribution in [2.24, 2.45) is 0 Å². The van der Waals surface area contributed by atoms with Crippen molar-refractivity contribution in [1.82, 2.24) is 24.7 Å². The van der Waals surface area contributed by atoms with Crippen molar-refractivity contribution in [3.8, 4) is 0 Å². The first-order chi connectivity index (χ1) is 22.2. The van der Waals surface area contributed by atoms with E-state index in [1.54, 1.807) is 23.0 Å². The molecule has 10 heteroatoms. The quantitative estimate of drug-likeness (QED) is 0.230. The number of halogens is 2. The van der Waals surface area contributed by atoms with E-state index < -0.39 is 0 Å². The number of hydrogen-bond acceptors (Lipinski definition) is 7. The van der Waals surface area contributed by atoms with Gasteiger partial charge in [0.25, 0.3) is 5.56 Å². The molecule has 0 bridgehead atoms. The number of unbranched alkanes of at least 4 members (excludes halogenated alkanes) is 1. The number of fused-ring (bicyclic) bond motifs is 1. The zero-order chi connectivity index (χ0) is 34.1. The van der Waals surface area contributed by atoms with Crippen LogP contribution in [0.3, 0.4) is 0 Å². The fraction of sp³-hybridized carbons (Fsp3) is 0.556.